The van der Waals surface area contributed by atoms with Gasteiger partial charge in [-0.15, -0.1) is 0 Å². The van der Waals surface area contributed by atoms with E-state index in [1.54, 1.807) is 0 Å². The molecule has 0 amide bonds. The van der Waals surface area contributed by atoms with Gasteiger partial charge < -0.3 is 20.0 Å². The summed E-state index contributed by atoms with van der Waals surface area (Å²) in [7, 11) is 0. The highest BCUT2D eigenvalue weighted by molar-refractivity contribution is 5.77. The van der Waals surface area contributed by atoms with E-state index >= 15 is 0 Å². The molecule has 0 fully saturated rings. The number of rotatable bonds is 6. The Morgan fingerprint density at radius 1 is 1.44 bits per heavy atom. The molecule has 2 N–H and O–H groups in total. The SMILES string of the molecule is O=CC1NC=Nc2cc(OCCCCO)ccc21. The van der Waals surface area contributed by atoms with Crippen LogP contribution < -0.4 is 10.1 Å². The number of benzene rings is 1. The number of ether oxygens (including phenoxy) is 1. The molecule has 0 aliphatic carbocycles. The van der Waals surface area contributed by atoms with Crippen LogP contribution in [0.5, 0.6) is 5.75 Å². The van der Waals surface area contributed by atoms with E-state index in [0.29, 0.717) is 6.61 Å². The van der Waals surface area contributed by atoms with E-state index in [1.807, 2.05) is 18.2 Å². The van der Waals surface area contributed by atoms with Crippen LogP contribution in [0.1, 0.15) is 24.4 Å². The standard InChI is InChI=1S/C13H16N2O3/c16-5-1-2-6-18-10-3-4-11-12(7-10)14-9-15-13(11)8-17/h3-4,7-9,13,16H,1-2,5-6H2,(H,14,15). The Labute approximate surface area is 105 Å². The second-order valence-corrected chi connectivity index (χ2v) is 4.04. The molecule has 1 aromatic rings. The van der Waals surface area contributed by atoms with Crippen molar-refractivity contribution in [2.24, 2.45) is 4.99 Å². The molecule has 18 heavy (non-hydrogen) atoms. The minimum Gasteiger partial charge on any atom is -0.494 e. The zero-order valence-electron chi connectivity index (χ0n) is 10.0. The van der Waals surface area contributed by atoms with E-state index in [-0.39, 0.29) is 12.6 Å². The largest absolute Gasteiger partial charge is 0.494 e. The second kappa shape index (κ2) is 6.16. The second-order valence-electron chi connectivity index (χ2n) is 4.04. The summed E-state index contributed by atoms with van der Waals surface area (Å²) in [5, 5.41) is 11.5. The van der Waals surface area contributed by atoms with E-state index in [1.165, 1.54) is 6.34 Å². The number of hydrogen-bond acceptors (Lipinski definition) is 5. The number of nitrogens with zero attached hydrogens (tertiary/aromatic N) is 1. The first-order valence-corrected chi connectivity index (χ1v) is 5.96. The van der Waals surface area contributed by atoms with Crippen molar-refractivity contribution in [2.45, 2.75) is 18.9 Å². The van der Waals surface area contributed by atoms with Gasteiger partial charge in [0.2, 0.25) is 0 Å². The molecule has 1 unspecified atom stereocenters. The summed E-state index contributed by atoms with van der Waals surface area (Å²) in [6.07, 6.45) is 3.93. The van der Waals surface area contributed by atoms with E-state index in [4.69, 9.17) is 9.84 Å². The monoisotopic (exact) mass is 248 g/mol. The lowest BCUT2D eigenvalue weighted by molar-refractivity contribution is -0.109. The van der Waals surface area contributed by atoms with Gasteiger partial charge in [0.15, 0.2) is 0 Å². The Kier molecular flexibility index (Phi) is 4.30. The molecule has 1 aliphatic rings. The smallest absolute Gasteiger partial charge is 0.146 e. The van der Waals surface area contributed by atoms with Crippen molar-refractivity contribution in [3.8, 4) is 5.75 Å². The number of aliphatic imine (C=N–C) groups is 1. The number of nitrogens with one attached hydrogen (secondary N) is 1. The Morgan fingerprint density at radius 3 is 3.11 bits per heavy atom. The Hall–Kier alpha value is -1.88. The molecule has 0 saturated carbocycles. The maximum absolute atomic E-state index is 10.9. The van der Waals surface area contributed by atoms with Crippen molar-refractivity contribution in [1.29, 1.82) is 0 Å². The van der Waals surface area contributed by atoms with Gasteiger partial charge in [-0.3, -0.25) is 0 Å². The fraction of sp³-hybridized carbons (Fsp3) is 0.385. The molecule has 0 radical (unpaired) electrons. The summed E-state index contributed by atoms with van der Waals surface area (Å²) in [6, 6.07) is 5.17. The number of hydrogen-bond donors (Lipinski definition) is 2. The highest BCUT2D eigenvalue weighted by atomic mass is 16.5. The summed E-state index contributed by atoms with van der Waals surface area (Å²) in [4.78, 5) is 15.1. The number of aliphatic hydroxyl groups excluding tert-OH is 1. The average molecular weight is 248 g/mol. The van der Waals surface area contributed by atoms with Gasteiger partial charge in [-0.2, -0.15) is 0 Å². The molecule has 1 atom stereocenters. The molecule has 1 aliphatic heterocycles. The summed E-state index contributed by atoms with van der Waals surface area (Å²) in [5.41, 5.74) is 1.61. The van der Waals surface area contributed by atoms with Gasteiger partial charge >= 0.3 is 0 Å². The predicted octanol–water partition coefficient (Wildman–Crippen LogP) is 1.34. The fourth-order valence-corrected chi connectivity index (χ4v) is 1.78. The highest BCUT2D eigenvalue weighted by Gasteiger charge is 2.16. The van der Waals surface area contributed by atoms with Crippen LogP contribution in [0.4, 0.5) is 5.69 Å². The van der Waals surface area contributed by atoms with Crippen molar-refractivity contribution >= 4 is 18.3 Å². The number of unbranched alkanes of at least 4 members (excludes halogenated alkanes) is 1. The number of carbonyl (C=O) groups excluding carboxylic acids is 1. The molecule has 0 bridgehead atoms. The normalized spacial score (nSPS) is 16.8. The van der Waals surface area contributed by atoms with E-state index in [0.717, 1.165) is 36.1 Å². The molecule has 96 valence electrons. The minimum absolute atomic E-state index is 0.185. The molecule has 1 heterocycles. The molecular formula is C13H16N2O3. The van der Waals surface area contributed by atoms with Crippen LogP contribution in [0.15, 0.2) is 23.2 Å². The van der Waals surface area contributed by atoms with Gasteiger partial charge in [0, 0.05) is 18.2 Å². The van der Waals surface area contributed by atoms with Crippen LogP contribution in [0.2, 0.25) is 0 Å². The number of carbonyl (C=O) groups is 1. The van der Waals surface area contributed by atoms with Gasteiger partial charge in [-0.05, 0) is 18.9 Å². The number of aldehydes is 1. The summed E-state index contributed by atoms with van der Waals surface area (Å²) in [6.45, 7) is 0.753. The van der Waals surface area contributed by atoms with Crippen LogP contribution in [-0.4, -0.2) is 30.9 Å². The Bertz CT molecular complexity index is 446. The summed E-state index contributed by atoms with van der Waals surface area (Å²) < 4.78 is 5.55. The molecule has 0 spiro atoms. The van der Waals surface area contributed by atoms with Crippen molar-refractivity contribution < 1.29 is 14.6 Å². The molecular weight excluding hydrogens is 232 g/mol. The topological polar surface area (TPSA) is 70.9 Å². The first-order valence-electron chi connectivity index (χ1n) is 5.96. The van der Waals surface area contributed by atoms with Crippen LogP contribution in [0, 0.1) is 0 Å². The molecule has 5 heteroatoms. The van der Waals surface area contributed by atoms with Crippen LogP contribution >= 0.6 is 0 Å². The maximum Gasteiger partial charge on any atom is 0.146 e. The number of aliphatic hydroxyl groups is 1. The predicted molar refractivity (Wildman–Crippen MR) is 68.3 cm³/mol. The molecule has 5 nitrogen and oxygen atoms in total. The molecule has 1 aromatic carbocycles. The van der Waals surface area contributed by atoms with E-state index in [2.05, 4.69) is 10.3 Å². The fourth-order valence-electron chi connectivity index (χ4n) is 1.78. The first-order chi connectivity index (χ1) is 8.85. The Morgan fingerprint density at radius 2 is 2.33 bits per heavy atom. The lowest BCUT2D eigenvalue weighted by atomic mass is 10.0. The minimum atomic E-state index is -0.332. The van der Waals surface area contributed by atoms with Crippen molar-refractivity contribution in [3.63, 3.8) is 0 Å². The quantitative estimate of drug-likeness (QED) is 0.588. The maximum atomic E-state index is 10.9. The van der Waals surface area contributed by atoms with Crippen LogP contribution in [0.3, 0.4) is 0 Å². The van der Waals surface area contributed by atoms with Gasteiger partial charge in [-0.25, -0.2) is 4.99 Å². The zero-order chi connectivity index (χ0) is 12.8. The van der Waals surface area contributed by atoms with Crippen molar-refractivity contribution in [1.82, 2.24) is 5.32 Å². The van der Waals surface area contributed by atoms with Crippen molar-refractivity contribution in [2.75, 3.05) is 13.2 Å². The first kappa shape index (κ1) is 12.6. The van der Waals surface area contributed by atoms with E-state index in [9.17, 15) is 4.79 Å². The third kappa shape index (κ3) is 2.87. The molecule has 0 saturated heterocycles. The highest BCUT2D eigenvalue weighted by Crippen LogP contribution is 2.30. The molecule has 2 rings (SSSR count). The van der Waals surface area contributed by atoms with Crippen molar-refractivity contribution in [3.05, 3.63) is 23.8 Å². The third-order valence-electron chi connectivity index (χ3n) is 2.75. The lowest BCUT2D eigenvalue weighted by Crippen LogP contribution is -2.23. The summed E-state index contributed by atoms with van der Waals surface area (Å²) >= 11 is 0. The van der Waals surface area contributed by atoms with E-state index < -0.39 is 0 Å². The van der Waals surface area contributed by atoms with Crippen LogP contribution in [-0.2, 0) is 4.79 Å². The van der Waals surface area contributed by atoms with Crippen LogP contribution in [0.25, 0.3) is 0 Å². The molecule has 0 aromatic heterocycles. The lowest BCUT2D eigenvalue weighted by Gasteiger charge is -2.18. The van der Waals surface area contributed by atoms with Gasteiger partial charge in [0.1, 0.15) is 18.1 Å². The summed E-state index contributed by atoms with van der Waals surface area (Å²) in [5.74, 6) is 0.732. The zero-order valence-corrected chi connectivity index (χ0v) is 10.0. The van der Waals surface area contributed by atoms with Gasteiger partial charge in [0.25, 0.3) is 0 Å². The number of fused-ring (bicyclic) bond motifs is 1. The van der Waals surface area contributed by atoms with Gasteiger partial charge in [0.05, 0.1) is 18.6 Å². The average Bonchev–Trinajstić information content (AvgIpc) is 2.42. The van der Waals surface area contributed by atoms with Gasteiger partial charge in [-0.1, -0.05) is 6.07 Å². The third-order valence-corrected chi connectivity index (χ3v) is 2.75. The Balaban J connectivity index is 2.03.